The number of hydrogen-bond donors (Lipinski definition) is 1. The van der Waals surface area contributed by atoms with E-state index in [1.54, 1.807) is 24.3 Å². The fourth-order valence-electron chi connectivity index (χ4n) is 1.68. The Bertz CT molecular complexity index is 566. The Morgan fingerprint density at radius 2 is 1.67 bits per heavy atom. The van der Waals surface area contributed by atoms with Crippen molar-refractivity contribution in [1.29, 1.82) is 0 Å². The van der Waals surface area contributed by atoms with Crippen LogP contribution in [0.3, 0.4) is 0 Å². The van der Waals surface area contributed by atoms with Crippen molar-refractivity contribution < 1.29 is 4.39 Å². The lowest BCUT2D eigenvalue weighted by atomic mass is 9.99. The lowest BCUT2D eigenvalue weighted by molar-refractivity contribution is 0.600. The minimum atomic E-state index is -0.687. The van der Waals surface area contributed by atoms with Crippen LogP contribution in [-0.4, -0.2) is 0 Å². The molecule has 5 heteroatoms. The molecule has 0 amide bonds. The second-order valence-electron chi connectivity index (χ2n) is 3.79. The van der Waals surface area contributed by atoms with Gasteiger partial charge in [-0.25, -0.2) is 4.39 Å². The predicted molar refractivity (Wildman–Crippen MR) is 73.9 cm³/mol. The highest BCUT2D eigenvalue weighted by atomic mass is 35.5. The van der Waals surface area contributed by atoms with E-state index in [-0.39, 0.29) is 10.6 Å². The molecule has 0 radical (unpaired) electrons. The van der Waals surface area contributed by atoms with Crippen LogP contribution in [0.4, 0.5) is 4.39 Å². The fourth-order valence-corrected chi connectivity index (χ4v) is 2.27. The van der Waals surface area contributed by atoms with Crippen LogP contribution in [0.15, 0.2) is 36.4 Å². The van der Waals surface area contributed by atoms with Crippen molar-refractivity contribution in [2.24, 2.45) is 5.73 Å². The Morgan fingerprint density at radius 3 is 2.28 bits per heavy atom. The summed E-state index contributed by atoms with van der Waals surface area (Å²) < 4.78 is 13.7. The van der Waals surface area contributed by atoms with Crippen molar-refractivity contribution in [3.05, 3.63) is 68.4 Å². The standard InChI is InChI=1S/C13H9Cl3FN/c14-8-5-4-7(6-10(8)16)13(18)12-9(15)2-1-3-11(12)17/h1-6,13H,18H2. The second-order valence-corrected chi connectivity index (χ2v) is 5.01. The van der Waals surface area contributed by atoms with E-state index in [2.05, 4.69) is 0 Å². The fraction of sp³-hybridized carbons (Fsp3) is 0.0769. The highest BCUT2D eigenvalue weighted by molar-refractivity contribution is 6.42. The molecule has 18 heavy (non-hydrogen) atoms. The van der Waals surface area contributed by atoms with Crippen molar-refractivity contribution in [1.82, 2.24) is 0 Å². The largest absolute Gasteiger partial charge is 0.320 e. The van der Waals surface area contributed by atoms with Crippen LogP contribution in [0, 0.1) is 5.82 Å². The van der Waals surface area contributed by atoms with Crippen LogP contribution in [0.2, 0.25) is 15.1 Å². The van der Waals surface area contributed by atoms with Crippen LogP contribution in [0.5, 0.6) is 0 Å². The minimum absolute atomic E-state index is 0.248. The number of hydrogen-bond acceptors (Lipinski definition) is 1. The molecule has 2 N–H and O–H groups in total. The van der Waals surface area contributed by atoms with Gasteiger partial charge in [-0.3, -0.25) is 0 Å². The topological polar surface area (TPSA) is 26.0 Å². The lowest BCUT2D eigenvalue weighted by Crippen LogP contribution is -2.14. The summed E-state index contributed by atoms with van der Waals surface area (Å²) in [7, 11) is 0. The van der Waals surface area contributed by atoms with Gasteiger partial charge in [-0.05, 0) is 29.8 Å². The Morgan fingerprint density at radius 1 is 0.944 bits per heavy atom. The average molecular weight is 305 g/mol. The first-order valence-electron chi connectivity index (χ1n) is 5.15. The van der Waals surface area contributed by atoms with Crippen molar-refractivity contribution in [3.63, 3.8) is 0 Å². The van der Waals surface area contributed by atoms with Crippen LogP contribution in [0.25, 0.3) is 0 Å². The summed E-state index contributed by atoms with van der Waals surface area (Å²) in [6.07, 6.45) is 0. The molecule has 1 atom stereocenters. The van der Waals surface area contributed by atoms with E-state index in [0.717, 1.165) is 0 Å². The molecule has 94 valence electrons. The third-order valence-electron chi connectivity index (χ3n) is 2.61. The summed E-state index contributed by atoms with van der Waals surface area (Å²) in [5, 5.41) is 1.08. The van der Waals surface area contributed by atoms with Crippen LogP contribution in [0.1, 0.15) is 17.2 Å². The van der Waals surface area contributed by atoms with Crippen LogP contribution < -0.4 is 5.73 Å². The molecule has 2 aromatic carbocycles. The summed E-state index contributed by atoms with van der Waals surface area (Å²) in [6, 6.07) is 8.68. The lowest BCUT2D eigenvalue weighted by Gasteiger charge is -2.15. The SMILES string of the molecule is NC(c1ccc(Cl)c(Cl)c1)c1c(F)cccc1Cl. The summed E-state index contributed by atoms with van der Waals surface area (Å²) in [6.45, 7) is 0. The molecule has 0 spiro atoms. The molecule has 0 aromatic heterocycles. The van der Waals surface area contributed by atoms with Gasteiger partial charge in [0.25, 0.3) is 0 Å². The van der Waals surface area contributed by atoms with E-state index in [0.29, 0.717) is 15.6 Å². The molecule has 2 aromatic rings. The molecule has 0 aliphatic heterocycles. The summed E-state index contributed by atoms with van der Waals surface area (Å²) in [4.78, 5) is 0. The molecule has 0 saturated carbocycles. The number of halogens is 4. The van der Waals surface area contributed by atoms with Crippen LogP contribution >= 0.6 is 34.8 Å². The average Bonchev–Trinajstić information content (AvgIpc) is 2.32. The third-order valence-corrected chi connectivity index (χ3v) is 3.68. The Balaban J connectivity index is 2.48. The molecule has 0 bridgehead atoms. The Labute approximate surface area is 119 Å². The van der Waals surface area contributed by atoms with E-state index >= 15 is 0 Å². The van der Waals surface area contributed by atoms with Crippen molar-refractivity contribution in [3.8, 4) is 0 Å². The molecule has 1 nitrogen and oxygen atoms in total. The molecule has 0 saturated heterocycles. The minimum Gasteiger partial charge on any atom is -0.320 e. The van der Waals surface area contributed by atoms with Gasteiger partial charge >= 0.3 is 0 Å². The zero-order valence-electron chi connectivity index (χ0n) is 9.13. The van der Waals surface area contributed by atoms with Gasteiger partial charge < -0.3 is 5.73 Å². The van der Waals surface area contributed by atoms with Gasteiger partial charge in [0, 0.05) is 10.6 Å². The maximum atomic E-state index is 13.7. The van der Waals surface area contributed by atoms with Gasteiger partial charge in [0.1, 0.15) is 5.82 Å². The van der Waals surface area contributed by atoms with Gasteiger partial charge in [-0.1, -0.05) is 46.9 Å². The van der Waals surface area contributed by atoms with Gasteiger partial charge in [0.15, 0.2) is 0 Å². The Kier molecular flexibility index (Phi) is 4.13. The zero-order chi connectivity index (χ0) is 13.3. The Hall–Kier alpha value is -0.800. The van der Waals surface area contributed by atoms with E-state index in [4.69, 9.17) is 40.5 Å². The first-order valence-corrected chi connectivity index (χ1v) is 6.28. The molecule has 2 rings (SSSR count). The van der Waals surface area contributed by atoms with E-state index in [1.807, 2.05) is 0 Å². The van der Waals surface area contributed by atoms with Crippen molar-refractivity contribution in [2.75, 3.05) is 0 Å². The summed E-state index contributed by atoms with van der Waals surface area (Å²) in [5.41, 5.74) is 6.91. The summed E-state index contributed by atoms with van der Waals surface area (Å²) >= 11 is 17.7. The molecular weight excluding hydrogens is 296 g/mol. The highest BCUT2D eigenvalue weighted by Gasteiger charge is 2.17. The third kappa shape index (κ3) is 2.62. The normalized spacial score (nSPS) is 12.5. The highest BCUT2D eigenvalue weighted by Crippen LogP contribution is 2.31. The molecule has 0 heterocycles. The number of rotatable bonds is 2. The first-order chi connectivity index (χ1) is 8.50. The van der Waals surface area contributed by atoms with Crippen molar-refractivity contribution in [2.45, 2.75) is 6.04 Å². The monoisotopic (exact) mass is 303 g/mol. The van der Waals surface area contributed by atoms with E-state index in [9.17, 15) is 4.39 Å². The van der Waals surface area contributed by atoms with Gasteiger partial charge in [0.05, 0.1) is 16.1 Å². The zero-order valence-corrected chi connectivity index (χ0v) is 11.4. The summed E-state index contributed by atoms with van der Waals surface area (Å²) in [5.74, 6) is -0.443. The molecule has 0 aliphatic carbocycles. The van der Waals surface area contributed by atoms with Gasteiger partial charge in [0.2, 0.25) is 0 Å². The quantitative estimate of drug-likeness (QED) is 0.844. The number of benzene rings is 2. The molecule has 1 unspecified atom stereocenters. The first kappa shape index (κ1) is 13.6. The maximum absolute atomic E-state index is 13.7. The van der Waals surface area contributed by atoms with Gasteiger partial charge in [-0.2, -0.15) is 0 Å². The van der Waals surface area contributed by atoms with E-state index in [1.165, 1.54) is 12.1 Å². The predicted octanol–water partition coefficient (Wildman–Crippen LogP) is 4.83. The smallest absolute Gasteiger partial charge is 0.129 e. The molecule has 0 aliphatic rings. The maximum Gasteiger partial charge on any atom is 0.129 e. The van der Waals surface area contributed by atoms with E-state index < -0.39 is 11.9 Å². The van der Waals surface area contributed by atoms with Crippen LogP contribution in [-0.2, 0) is 0 Å². The molecule has 0 fully saturated rings. The van der Waals surface area contributed by atoms with Gasteiger partial charge in [-0.15, -0.1) is 0 Å². The second kappa shape index (κ2) is 5.45. The van der Waals surface area contributed by atoms with Crippen molar-refractivity contribution >= 4 is 34.8 Å². The number of nitrogens with two attached hydrogens (primary N) is 1. The molecular formula is C13H9Cl3FN.